The summed E-state index contributed by atoms with van der Waals surface area (Å²) in [6.07, 6.45) is 6.57. The van der Waals surface area contributed by atoms with Crippen molar-refractivity contribution in [2.24, 2.45) is 5.92 Å². The van der Waals surface area contributed by atoms with Gasteiger partial charge in [0.25, 0.3) is 0 Å². The molecule has 0 aromatic heterocycles. The van der Waals surface area contributed by atoms with Crippen LogP contribution in [0.5, 0.6) is 0 Å². The molecule has 0 amide bonds. The van der Waals surface area contributed by atoms with Crippen LogP contribution in [-0.4, -0.2) is 27.8 Å². The number of benzene rings is 1. The second kappa shape index (κ2) is 5.15. The van der Waals surface area contributed by atoms with Gasteiger partial charge in [-0.3, -0.25) is 0 Å². The van der Waals surface area contributed by atoms with E-state index in [-0.39, 0.29) is 0 Å². The number of piperidine rings is 1. The van der Waals surface area contributed by atoms with Crippen LogP contribution in [0.15, 0.2) is 24.3 Å². The van der Waals surface area contributed by atoms with Gasteiger partial charge in [0.1, 0.15) is 0 Å². The van der Waals surface area contributed by atoms with Gasteiger partial charge >= 0.3 is 0 Å². The van der Waals surface area contributed by atoms with E-state index in [4.69, 9.17) is 0 Å². The van der Waals surface area contributed by atoms with Crippen molar-refractivity contribution < 1.29 is 8.42 Å². The van der Waals surface area contributed by atoms with E-state index in [1.165, 1.54) is 24.7 Å². The van der Waals surface area contributed by atoms with Crippen LogP contribution in [0.4, 0.5) is 0 Å². The van der Waals surface area contributed by atoms with Gasteiger partial charge in [0.2, 0.25) is 0 Å². The monoisotopic (exact) mass is 293 g/mol. The standard InChI is InChI=1S/C16H23NO2S/c1-20(18,19)16(8-9-16)15-6-4-13(5-7-15)11-14-3-2-10-17-12-14/h4-7,14,17H,2-3,8-12H2,1H3. The van der Waals surface area contributed by atoms with Gasteiger partial charge in [-0.05, 0) is 62.2 Å². The molecule has 3 nitrogen and oxygen atoms in total. The van der Waals surface area contributed by atoms with Crippen LogP contribution < -0.4 is 5.32 Å². The summed E-state index contributed by atoms with van der Waals surface area (Å²) < 4.78 is 23.2. The smallest absolute Gasteiger partial charge is 0.157 e. The van der Waals surface area contributed by atoms with Crippen LogP contribution in [-0.2, 0) is 21.0 Å². The van der Waals surface area contributed by atoms with Crippen LogP contribution >= 0.6 is 0 Å². The molecule has 0 bridgehead atoms. The molecule has 2 aliphatic rings. The van der Waals surface area contributed by atoms with Crippen molar-refractivity contribution in [3.05, 3.63) is 35.4 Å². The van der Waals surface area contributed by atoms with Gasteiger partial charge in [-0.2, -0.15) is 0 Å². The van der Waals surface area contributed by atoms with Crippen molar-refractivity contribution in [1.29, 1.82) is 0 Å². The van der Waals surface area contributed by atoms with Crippen molar-refractivity contribution in [3.8, 4) is 0 Å². The summed E-state index contributed by atoms with van der Waals surface area (Å²) >= 11 is 0. The zero-order chi connectivity index (χ0) is 14.2. The minimum absolute atomic E-state index is 0.572. The molecule has 0 spiro atoms. The first-order chi connectivity index (χ1) is 9.51. The molecule has 1 aromatic rings. The normalized spacial score (nSPS) is 25.4. The summed E-state index contributed by atoms with van der Waals surface area (Å²) in [6.45, 7) is 2.25. The first kappa shape index (κ1) is 14.1. The van der Waals surface area contributed by atoms with Crippen molar-refractivity contribution >= 4 is 9.84 Å². The summed E-state index contributed by atoms with van der Waals surface area (Å²) in [4.78, 5) is 0. The molecule has 1 saturated heterocycles. The van der Waals surface area contributed by atoms with Crippen molar-refractivity contribution in [2.75, 3.05) is 19.3 Å². The molecule has 1 aromatic carbocycles. The molecule has 20 heavy (non-hydrogen) atoms. The van der Waals surface area contributed by atoms with E-state index in [0.29, 0.717) is 0 Å². The summed E-state index contributed by atoms with van der Waals surface area (Å²) in [5, 5.41) is 3.44. The molecule has 2 fully saturated rings. The first-order valence-corrected chi connectivity index (χ1v) is 9.40. The Bertz CT molecular complexity index is 567. The molecule has 3 rings (SSSR count). The Labute approximate surface area is 121 Å². The average molecular weight is 293 g/mol. The van der Waals surface area contributed by atoms with Crippen LogP contribution in [0.2, 0.25) is 0 Å². The van der Waals surface area contributed by atoms with E-state index in [1.807, 2.05) is 12.1 Å². The predicted molar refractivity (Wildman–Crippen MR) is 81.5 cm³/mol. The van der Waals surface area contributed by atoms with Crippen LogP contribution in [0.25, 0.3) is 0 Å². The first-order valence-electron chi connectivity index (χ1n) is 7.51. The highest BCUT2D eigenvalue weighted by Crippen LogP contribution is 2.52. The Morgan fingerprint density at radius 1 is 1.25 bits per heavy atom. The SMILES string of the molecule is CS(=O)(=O)C1(c2ccc(CC3CCCNC3)cc2)CC1. The summed E-state index contributed by atoms with van der Waals surface area (Å²) in [6, 6.07) is 8.30. The number of hydrogen-bond acceptors (Lipinski definition) is 3. The Morgan fingerprint density at radius 3 is 2.45 bits per heavy atom. The fourth-order valence-corrected chi connectivity index (χ4v) is 4.77. The Kier molecular flexibility index (Phi) is 3.63. The molecule has 110 valence electrons. The lowest BCUT2D eigenvalue weighted by Crippen LogP contribution is -2.30. The molecule has 4 heteroatoms. The van der Waals surface area contributed by atoms with Crippen molar-refractivity contribution in [3.63, 3.8) is 0 Å². The summed E-state index contributed by atoms with van der Waals surface area (Å²) in [5.74, 6) is 0.722. The molecule has 0 radical (unpaired) electrons. The predicted octanol–water partition coefficient (Wildman–Crippen LogP) is 2.26. The molecular formula is C16H23NO2S. The zero-order valence-corrected chi connectivity index (χ0v) is 12.9. The van der Waals surface area contributed by atoms with E-state index in [2.05, 4.69) is 17.4 Å². The minimum Gasteiger partial charge on any atom is -0.316 e. The maximum Gasteiger partial charge on any atom is 0.157 e. The largest absolute Gasteiger partial charge is 0.316 e. The summed E-state index contributed by atoms with van der Waals surface area (Å²) in [5.41, 5.74) is 2.30. The molecular weight excluding hydrogens is 270 g/mol. The Balaban J connectivity index is 1.72. The number of sulfone groups is 1. The van der Waals surface area contributed by atoms with Crippen LogP contribution in [0, 0.1) is 5.92 Å². The number of rotatable bonds is 4. The average Bonchev–Trinajstić information content (AvgIpc) is 3.22. The summed E-state index contributed by atoms with van der Waals surface area (Å²) in [7, 11) is -2.99. The molecule has 1 atom stereocenters. The van der Waals surface area contributed by atoms with Gasteiger partial charge in [-0.1, -0.05) is 24.3 Å². The molecule has 1 aliphatic heterocycles. The zero-order valence-electron chi connectivity index (χ0n) is 12.1. The lowest BCUT2D eigenvalue weighted by Gasteiger charge is -2.23. The maximum absolute atomic E-state index is 11.9. The van der Waals surface area contributed by atoms with Crippen molar-refractivity contribution in [2.45, 2.75) is 36.9 Å². The van der Waals surface area contributed by atoms with Gasteiger partial charge in [0.15, 0.2) is 9.84 Å². The van der Waals surface area contributed by atoms with Crippen molar-refractivity contribution in [1.82, 2.24) is 5.32 Å². The molecule has 1 saturated carbocycles. The molecule has 1 unspecified atom stereocenters. The molecule has 1 aliphatic carbocycles. The van der Waals surface area contributed by atoms with E-state index < -0.39 is 14.6 Å². The highest BCUT2D eigenvalue weighted by atomic mass is 32.2. The van der Waals surface area contributed by atoms with Gasteiger partial charge in [-0.25, -0.2) is 8.42 Å². The fraction of sp³-hybridized carbons (Fsp3) is 0.625. The number of hydrogen-bond donors (Lipinski definition) is 1. The maximum atomic E-state index is 11.9. The van der Waals surface area contributed by atoms with E-state index in [0.717, 1.165) is 43.8 Å². The van der Waals surface area contributed by atoms with Gasteiger partial charge in [-0.15, -0.1) is 0 Å². The molecule has 1 heterocycles. The van der Waals surface area contributed by atoms with E-state index in [1.54, 1.807) is 0 Å². The van der Waals surface area contributed by atoms with Gasteiger partial charge in [0, 0.05) is 6.26 Å². The minimum atomic E-state index is -2.99. The fourth-order valence-electron chi connectivity index (χ4n) is 3.36. The van der Waals surface area contributed by atoms with Crippen LogP contribution in [0.1, 0.15) is 36.8 Å². The highest BCUT2D eigenvalue weighted by molar-refractivity contribution is 7.92. The topological polar surface area (TPSA) is 46.2 Å². The van der Waals surface area contributed by atoms with Gasteiger partial charge < -0.3 is 5.32 Å². The Hall–Kier alpha value is -0.870. The van der Waals surface area contributed by atoms with E-state index >= 15 is 0 Å². The lowest BCUT2D eigenvalue weighted by molar-refractivity contribution is 0.376. The third-order valence-electron chi connectivity index (χ3n) is 4.82. The van der Waals surface area contributed by atoms with E-state index in [9.17, 15) is 8.42 Å². The second-order valence-corrected chi connectivity index (χ2v) is 8.71. The highest BCUT2D eigenvalue weighted by Gasteiger charge is 2.53. The molecule has 1 N–H and O–H groups in total. The lowest BCUT2D eigenvalue weighted by atomic mass is 9.92. The number of nitrogens with one attached hydrogen (secondary N) is 1. The van der Waals surface area contributed by atoms with Crippen LogP contribution in [0.3, 0.4) is 0 Å². The third-order valence-corrected chi connectivity index (χ3v) is 6.88. The van der Waals surface area contributed by atoms with Gasteiger partial charge in [0.05, 0.1) is 4.75 Å². The third kappa shape index (κ3) is 2.63. The second-order valence-electron chi connectivity index (χ2n) is 6.38. The Morgan fingerprint density at radius 2 is 1.95 bits per heavy atom. The quantitative estimate of drug-likeness (QED) is 0.926.